The highest BCUT2D eigenvalue weighted by Crippen LogP contribution is 2.02. The molecule has 5 heteroatoms. The van der Waals surface area contributed by atoms with Gasteiger partial charge in [-0.1, -0.05) is 5.21 Å². The van der Waals surface area contributed by atoms with Gasteiger partial charge in [0.05, 0.1) is 11.1 Å². The lowest BCUT2D eigenvalue weighted by atomic mass is 10.7. The van der Waals surface area contributed by atoms with Crippen molar-refractivity contribution in [2.24, 2.45) is 0 Å². The van der Waals surface area contributed by atoms with Gasteiger partial charge in [0.15, 0.2) is 0 Å². The van der Waals surface area contributed by atoms with Crippen LogP contribution in [0.25, 0.3) is 0 Å². The lowest BCUT2D eigenvalue weighted by Crippen LogP contribution is -2.10. The molecule has 0 unspecified atom stereocenters. The molecule has 4 nitrogen and oxygen atoms in total. The highest BCUT2D eigenvalue weighted by Gasteiger charge is 1.93. The van der Waals surface area contributed by atoms with E-state index in [1.54, 1.807) is 0 Å². The molecule has 1 N–H and O–H groups in total. The fourth-order valence-electron chi connectivity index (χ4n) is 0.415. The van der Waals surface area contributed by atoms with Crippen molar-refractivity contribution in [1.82, 2.24) is 15.4 Å². The molecule has 0 saturated carbocycles. The summed E-state index contributed by atoms with van der Waals surface area (Å²) >= 11 is 1.35. The van der Waals surface area contributed by atoms with Crippen LogP contribution in [0.4, 0.5) is 0 Å². The molecule has 1 rings (SSSR count). The van der Waals surface area contributed by atoms with Crippen molar-refractivity contribution in [1.29, 1.82) is 0 Å². The first-order valence-electron chi connectivity index (χ1n) is 2.29. The summed E-state index contributed by atoms with van der Waals surface area (Å²) < 4.78 is 0. The van der Waals surface area contributed by atoms with E-state index in [0.717, 1.165) is 0 Å². The minimum atomic E-state index is -0.183. The summed E-state index contributed by atoms with van der Waals surface area (Å²) in [5.41, 5.74) is -0.183. The van der Waals surface area contributed by atoms with Crippen LogP contribution in [0, 0.1) is 0 Å². The second kappa shape index (κ2) is 2.63. The maximum Gasteiger partial charge on any atom is 0.280 e. The Labute approximate surface area is 55.7 Å². The molecule has 48 valence electrons. The van der Waals surface area contributed by atoms with Gasteiger partial charge in [-0.25, -0.2) is 5.10 Å². The minimum absolute atomic E-state index is 0.183. The molecule has 1 aromatic heterocycles. The van der Waals surface area contributed by atoms with Crippen LogP contribution in [0.2, 0.25) is 0 Å². The molecule has 0 atom stereocenters. The second-order valence-corrected chi connectivity index (χ2v) is 2.20. The van der Waals surface area contributed by atoms with Crippen LogP contribution >= 0.6 is 11.8 Å². The van der Waals surface area contributed by atoms with E-state index in [2.05, 4.69) is 15.4 Å². The Morgan fingerprint density at radius 2 is 2.56 bits per heavy atom. The number of hydrogen-bond donors (Lipinski definition) is 1. The van der Waals surface area contributed by atoms with Gasteiger partial charge in [-0.15, -0.1) is 16.9 Å². The van der Waals surface area contributed by atoms with E-state index < -0.39 is 0 Å². The van der Waals surface area contributed by atoms with Crippen LogP contribution in [0.15, 0.2) is 15.9 Å². The van der Waals surface area contributed by atoms with Crippen LogP contribution in [0.1, 0.15) is 0 Å². The number of rotatable bonds is 1. The van der Waals surface area contributed by atoms with Crippen molar-refractivity contribution in [3.05, 3.63) is 16.6 Å². The van der Waals surface area contributed by atoms with Crippen molar-refractivity contribution in [2.45, 2.75) is 4.90 Å². The van der Waals surface area contributed by atoms with Crippen molar-refractivity contribution in [2.75, 3.05) is 6.26 Å². The Bertz CT molecular complexity index is 246. The van der Waals surface area contributed by atoms with Gasteiger partial charge < -0.3 is 0 Å². The number of thioether (sulfide) groups is 1. The summed E-state index contributed by atoms with van der Waals surface area (Å²) in [4.78, 5) is 11.3. The molecule has 0 amide bonds. The van der Waals surface area contributed by atoms with Crippen LogP contribution < -0.4 is 5.56 Å². The van der Waals surface area contributed by atoms with E-state index in [4.69, 9.17) is 0 Å². The quantitative estimate of drug-likeness (QED) is 0.557. The standard InChI is InChI=1S/C4H5N3OS/c1-9-3-2-5-7-6-4(3)8/h2H,1H3,(H,5,6,8). The molecule has 0 fully saturated rings. The zero-order chi connectivity index (χ0) is 6.69. The van der Waals surface area contributed by atoms with Gasteiger partial charge in [0.1, 0.15) is 0 Å². The maximum absolute atomic E-state index is 10.7. The molecular formula is C4H5N3OS. The second-order valence-electron chi connectivity index (χ2n) is 1.35. The summed E-state index contributed by atoms with van der Waals surface area (Å²) in [5.74, 6) is 0. The molecule has 0 bridgehead atoms. The molecule has 0 spiro atoms. The molecular weight excluding hydrogens is 138 g/mol. The summed E-state index contributed by atoms with van der Waals surface area (Å²) in [5, 5.41) is 9.00. The monoisotopic (exact) mass is 143 g/mol. The van der Waals surface area contributed by atoms with Gasteiger partial charge in [-0.3, -0.25) is 4.79 Å². The molecule has 1 heterocycles. The van der Waals surface area contributed by atoms with Gasteiger partial charge in [-0.05, 0) is 6.26 Å². The Morgan fingerprint density at radius 3 is 3.00 bits per heavy atom. The zero-order valence-corrected chi connectivity index (χ0v) is 5.60. The smallest absolute Gasteiger partial charge is 0.267 e. The predicted octanol–water partition coefficient (Wildman–Crippen LogP) is -0.113. The van der Waals surface area contributed by atoms with E-state index in [1.165, 1.54) is 18.0 Å². The number of aromatic nitrogens is 3. The Hall–Kier alpha value is -0.840. The average Bonchev–Trinajstić information content (AvgIpc) is 1.89. The Balaban J connectivity index is 3.16. The summed E-state index contributed by atoms with van der Waals surface area (Å²) in [6.45, 7) is 0. The van der Waals surface area contributed by atoms with Gasteiger partial charge in [-0.2, -0.15) is 0 Å². The molecule has 0 saturated heterocycles. The topological polar surface area (TPSA) is 58.6 Å². The molecule has 0 aliphatic heterocycles. The third-order valence-electron chi connectivity index (χ3n) is 0.828. The van der Waals surface area contributed by atoms with Gasteiger partial charge in [0, 0.05) is 0 Å². The lowest BCUT2D eigenvalue weighted by Gasteiger charge is -1.87. The first kappa shape index (κ1) is 6.28. The minimum Gasteiger partial charge on any atom is -0.267 e. The summed E-state index contributed by atoms with van der Waals surface area (Å²) in [6, 6.07) is 0. The molecule has 0 aromatic carbocycles. The largest absolute Gasteiger partial charge is 0.280 e. The van der Waals surface area contributed by atoms with E-state index >= 15 is 0 Å². The molecule has 0 aliphatic carbocycles. The van der Waals surface area contributed by atoms with Crippen LogP contribution in [0.5, 0.6) is 0 Å². The third kappa shape index (κ3) is 1.29. The van der Waals surface area contributed by atoms with Gasteiger partial charge >= 0.3 is 0 Å². The number of aromatic amines is 1. The van der Waals surface area contributed by atoms with Crippen LogP contribution in [0.3, 0.4) is 0 Å². The first-order valence-corrected chi connectivity index (χ1v) is 3.51. The predicted molar refractivity (Wildman–Crippen MR) is 34.4 cm³/mol. The highest BCUT2D eigenvalue weighted by molar-refractivity contribution is 7.98. The van der Waals surface area contributed by atoms with Gasteiger partial charge in [0.2, 0.25) is 0 Å². The fourth-order valence-corrected chi connectivity index (χ4v) is 0.798. The van der Waals surface area contributed by atoms with Crippen molar-refractivity contribution < 1.29 is 0 Å². The molecule has 1 aromatic rings. The summed E-state index contributed by atoms with van der Waals surface area (Å²) in [7, 11) is 0. The van der Waals surface area contributed by atoms with E-state index in [9.17, 15) is 4.79 Å². The van der Waals surface area contributed by atoms with Crippen molar-refractivity contribution in [3.63, 3.8) is 0 Å². The number of H-pyrrole nitrogens is 1. The number of nitrogens with one attached hydrogen (secondary N) is 1. The Morgan fingerprint density at radius 1 is 1.78 bits per heavy atom. The maximum atomic E-state index is 10.7. The van der Waals surface area contributed by atoms with E-state index in [0.29, 0.717) is 4.90 Å². The van der Waals surface area contributed by atoms with E-state index in [1.807, 2.05) is 6.26 Å². The molecule has 0 aliphatic rings. The normalized spacial score (nSPS) is 9.44. The zero-order valence-electron chi connectivity index (χ0n) is 4.79. The highest BCUT2D eigenvalue weighted by atomic mass is 32.2. The number of hydrogen-bond acceptors (Lipinski definition) is 4. The molecule has 9 heavy (non-hydrogen) atoms. The Kier molecular flexibility index (Phi) is 1.84. The van der Waals surface area contributed by atoms with Crippen LogP contribution in [-0.2, 0) is 0 Å². The number of nitrogens with zero attached hydrogens (tertiary/aromatic N) is 2. The summed E-state index contributed by atoms with van der Waals surface area (Å²) in [6.07, 6.45) is 3.25. The van der Waals surface area contributed by atoms with Crippen molar-refractivity contribution >= 4 is 11.8 Å². The van der Waals surface area contributed by atoms with Crippen LogP contribution in [-0.4, -0.2) is 21.7 Å². The average molecular weight is 143 g/mol. The van der Waals surface area contributed by atoms with Crippen molar-refractivity contribution in [3.8, 4) is 0 Å². The third-order valence-corrected chi connectivity index (χ3v) is 1.56. The molecule has 0 radical (unpaired) electrons. The van der Waals surface area contributed by atoms with Gasteiger partial charge in [0.25, 0.3) is 5.56 Å². The first-order chi connectivity index (χ1) is 4.34. The van der Waals surface area contributed by atoms with E-state index in [-0.39, 0.29) is 5.56 Å². The SMILES string of the molecule is CSc1cnn[nH]c1=O. The fraction of sp³-hybridized carbons (Fsp3) is 0.250. The lowest BCUT2D eigenvalue weighted by molar-refractivity contribution is 0.809.